The Morgan fingerprint density at radius 1 is 1.10 bits per heavy atom. The van der Waals surface area contributed by atoms with Crippen molar-refractivity contribution < 1.29 is 27.4 Å². The van der Waals surface area contributed by atoms with E-state index in [9.17, 15) is 18.0 Å². The Hall–Kier alpha value is -3.49. The average molecular weight is 405 g/mol. The zero-order chi connectivity index (χ0) is 20.9. The quantitative estimate of drug-likeness (QED) is 0.582. The van der Waals surface area contributed by atoms with Gasteiger partial charge in [0.1, 0.15) is 22.8 Å². The zero-order valence-corrected chi connectivity index (χ0v) is 15.2. The summed E-state index contributed by atoms with van der Waals surface area (Å²) in [7, 11) is 0. The minimum Gasteiger partial charge on any atom is -0.491 e. The van der Waals surface area contributed by atoms with Crippen molar-refractivity contribution in [3.63, 3.8) is 0 Å². The van der Waals surface area contributed by atoms with Gasteiger partial charge in [0.2, 0.25) is 0 Å². The second kappa shape index (κ2) is 8.68. The summed E-state index contributed by atoms with van der Waals surface area (Å²) in [6.45, 7) is 0.594. The number of nitrogens with two attached hydrogens (primary N) is 1. The molecule has 0 saturated heterocycles. The molecule has 6 nitrogen and oxygen atoms in total. The molecule has 0 aliphatic carbocycles. The van der Waals surface area contributed by atoms with Crippen LogP contribution in [0, 0.1) is 0 Å². The number of carbonyl (C=O) groups is 1. The molecule has 3 N–H and O–H groups in total. The molecular formula is C20H18F3N3O3. The smallest absolute Gasteiger partial charge is 0.491 e. The molecule has 9 heteroatoms. The molecule has 0 bridgehead atoms. The number of alkyl halides is 3. The number of pyridine rings is 1. The van der Waals surface area contributed by atoms with Gasteiger partial charge in [-0.2, -0.15) is 0 Å². The van der Waals surface area contributed by atoms with Crippen molar-refractivity contribution in [2.45, 2.75) is 12.8 Å². The van der Waals surface area contributed by atoms with E-state index in [1.807, 2.05) is 18.2 Å². The molecule has 1 heterocycles. The van der Waals surface area contributed by atoms with Gasteiger partial charge in [-0.3, -0.25) is 4.79 Å². The number of benzene rings is 2. The molecule has 0 radical (unpaired) electrons. The number of nitrogen functional groups attached to an aromatic ring is 1. The third-order valence-electron chi connectivity index (χ3n) is 3.90. The van der Waals surface area contributed by atoms with Crippen LogP contribution in [0.1, 0.15) is 16.8 Å². The number of nitrogens with one attached hydrogen (secondary N) is 1. The number of nitrogens with zero attached hydrogens (tertiary/aromatic N) is 1. The van der Waals surface area contributed by atoms with Crippen LogP contribution in [0.3, 0.4) is 0 Å². The van der Waals surface area contributed by atoms with E-state index in [4.69, 9.17) is 10.5 Å². The maximum absolute atomic E-state index is 12.3. The van der Waals surface area contributed by atoms with Crippen LogP contribution in [0.15, 0.2) is 54.6 Å². The lowest BCUT2D eigenvalue weighted by molar-refractivity contribution is -0.274. The summed E-state index contributed by atoms with van der Waals surface area (Å²) in [5.74, 6) is 0.0177. The molecule has 0 saturated carbocycles. The van der Waals surface area contributed by atoms with Crippen molar-refractivity contribution in [3.05, 3.63) is 60.2 Å². The number of hydrogen-bond acceptors (Lipinski definition) is 5. The predicted octanol–water partition coefficient (Wildman–Crippen LogP) is 3.91. The molecule has 3 aromatic rings. The SMILES string of the molecule is Nc1ccc2cccc(OCCCNC(=O)c3cccc(OC(F)(F)F)c3)c2n1. The zero-order valence-electron chi connectivity index (χ0n) is 15.2. The minimum atomic E-state index is -4.81. The normalized spacial score (nSPS) is 11.3. The molecule has 152 valence electrons. The molecule has 2 aromatic carbocycles. The monoisotopic (exact) mass is 405 g/mol. The Kier molecular flexibility index (Phi) is 6.06. The molecule has 3 rings (SSSR count). The van der Waals surface area contributed by atoms with Gasteiger partial charge in [0.05, 0.1) is 6.61 Å². The summed E-state index contributed by atoms with van der Waals surface area (Å²) in [4.78, 5) is 16.4. The number of hydrogen-bond donors (Lipinski definition) is 2. The third-order valence-corrected chi connectivity index (χ3v) is 3.90. The first-order valence-corrected chi connectivity index (χ1v) is 8.74. The van der Waals surface area contributed by atoms with Crippen LogP contribution in [0.5, 0.6) is 11.5 Å². The van der Waals surface area contributed by atoms with Gasteiger partial charge in [-0.1, -0.05) is 18.2 Å². The molecule has 1 amide bonds. The number of halogens is 3. The van der Waals surface area contributed by atoms with Crippen molar-refractivity contribution in [2.75, 3.05) is 18.9 Å². The number of aromatic nitrogens is 1. The van der Waals surface area contributed by atoms with Gasteiger partial charge < -0.3 is 20.5 Å². The van der Waals surface area contributed by atoms with Crippen molar-refractivity contribution in [1.29, 1.82) is 0 Å². The second-order valence-corrected chi connectivity index (χ2v) is 6.10. The Morgan fingerprint density at radius 3 is 2.69 bits per heavy atom. The lowest BCUT2D eigenvalue weighted by Gasteiger charge is -2.11. The first-order chi connectivity index (χ1) is 13.8. The Balaban J connectivity index is 1.49. The van der Waals surface area contributed by atoms with Gasteiger partial charge in [0.25, 0.3) is 5.91 Å². The number of fused-ring (bicyclic) bond motifs is 1. The van der Waals surface area contributed by atoms with Crippen LogP contribution in [-0.4, -0.2) is 30.4 Å². The van der Waals surface area contributed by atoms with E-state index >= 15 is 0 Å². The summed E-state index contributed by atoms with van der Waals surface area (Å²) < 4.78 is 46.4. The molecule has 0 spiro atoms. The molecule has 0 unspecified atom stereocenters. The first-order valence-electron chi connectivity index (χ1n) is 8.74. The van der Waals surface area contributed by atoms with Crippen LogP contribution in [0.25, 0.3) is 10.9 Å². The summed E-state index contributed by atoms with van der Waals surface area (Å²) in [6, 6.07) is 13.9. The highest BCUT2D eigenvalue weighted by atomic mass is 19.4. The van der Waals surface area contributed by atoms with Crippen molar-refractivity contribution in [3.8, 4) is 11.5 Å². The topological polar surface area (TPSA) is 86.5 Å². The van der Waals surface area contributed by atoms with E-state index in [2.05, 4.69) is 15.0 Å². The molecule has 0 aliphatic heterocycles. The van der Waals surface area contributed by atoms with E-state index in [0.29, 0.717) is 30.1 Å². The molecule has 0 atom stereocenters. The lowest BCUT2D eigenvalue weighted by Crippen LogP contribution is -2.25. The van der Waals surface area contributed by atoms with Crippen LogP contribution in [0.4, 0.5) is 19.0 Å². The number of carbonyl (C=O) groups excluding carboxylic acids is 1. The fourth-order valence-electron chi connectivity index (χ4n) is 2.64. The second-order valence-electron chi connectivity index (χ2n) is 6.10. The lowest BCUT2D eigenvalue weighted by atomic mass is 10.2. The Bertz CT molecular complexity index is 1010. The largest absolute Gasteiger partial charge is 0.573 e. The predicted molar refractivity (Wildman–Crippen MR) is 102 cm³/mol. The summed E-state index contributed by atoms with van der Waals surface area (Å²) >= 11 is 0. The van der Waals surface area contributed by atoms with E-state index in [1.54, 1.807) is 12.1 Å². The number of anilines is 1. The van der Waals surface area contributed by atoms with E-state index < -0.39 is 18.0 Å². The number of para-hydroxylation sites is 1. The van der Waals surface area contributed by atoms with Gasteiger partial charge in [-0.25, -0.2) is 4.98 Å². The minimum absolute atomic E-state index is 0.0707. The van der Waals surface area contributed by atoms with Crippen molar-refractivity contribution in [2.24, 2.45) is 0 Å². The van der Waals surface area contributed by atoms with Crippen LogP contribution in [-0.2, 0) is 0 Å². The maximum atomic E-state index is 12.3. The fraction of sp³-hybridized carbons (Fsp3) is 0.200. The van der Waals surface area contributed by atoms with Crippen molar-refractivity contribution >= 4 is 22.6 Å². The highest BCUT2D eigenvalue weighted by molar-refractivity contribution is 5.94. The van der Waals surface area contributed by atoms with E-state index in [1.165, 1.54) is 12.1 Å². The van der Waals surface area contributed by atoms with E-state index in [-0.39, 0.29) is 12.1 Å². The van der Waals surface area contributed by atoms with Gasteiger partial charge in [0, 0.05) is 17.5 Å². The van der Waals surface area contributed by atoms with Crippen LogP contribution in [0.2, 0.25) is 0 Å². The fourth-order valence-corrected chi connectivity index (χ4v) is 2.64. The van der Waals surface area contributed by atoms with Crippen LogP contribution >= 0.6 is 0 Å². The highest BCUT2D eigenvalue weighted by Crippen LogP contribution is 2.25. The summed E-state index contributed by atoms with van der Waals surface area (Å²) in [5, 5.41) is 3.52. The first kappa shape index (κ1) is 20.2. The average Bonchev–Trinajstić information content (AvgIpc) is 2.66. The van der Waals surface area contributed by atoms with Crippen molar-refractivity contribution in [1.82, 2.24) is 10.3 Å². The molecule has 0 fully saturated rings. The summed E-state index contributed by atoms with van der Waals surface area (Å²) in [5.41, 5.74) is 6.44. The maximum Gasteiger partial charge on any atom is 0.573 e. The molecule has 0 aliphatic rings. The number of amides is 1. The third kappa shape index (κ3) is 5.74. The molecular weight excluding hydrogens is 387 g/mol. The number of rotatable bonds is 7. The van der Waals surface area contributed by atoms with Gasteiger partial charge in [-0.05, 0) is 42.8 Å². The van der Waals surface area contributed by atoms with Gasteiger partial charge >= 0.3 is 6.36 Å². The van der Waals surface area contributed by atoms with Crippen LogP contribution < -0.4 is 20.5 Å². The number of ether oxygens (including phenoxy) is 2. The van der Waals surface area contributed by atoms with Gasteiger partial charge in [0.15, 0.2) is 0 Å². The Morgan fingerprint density at radius 2 is 1.90 bits per heavy atom. The highest BCUT2D eigenvalue weighted by Gasteiger charge is 2.31. The van der Waals surface area contributed by atoms with Gasteiger partial charge in [-0.15, -0.1) is 13.2 Å². The molecule has 29 heavy (non-hydrogen) atoms. The standard InChI is InChI=1S/C20H18F3N3O3/c21-20(22,23)29-15-6-1-5-14(12-15)19(27)25-10-3-11-28-16-7-2-4-13-8-9-17(24)26-18(13)16/h1-2,4-9,12H,3,10-11H2,(H2,24,26)(H,25,27). The van der Waals surface area contributed by atoms with E-state index in [0.717, 1.165) is 17.5 Å². The summed E-state index contributed by atoms with van der Waals surface area (Å²) in [6.07, 6.45) is -4.32. The molecule has 1 aromatic heterocycles. The Labute approximate surface area is 164 Å².